The van der Waals surface area contributed by atoms with Gasteiger partial charge in [0.2, 0.25) is 23.5 Å². The summed E-state index contributed by atoms with van der Waals surface area (Å²) < 4.78 is 5.25. The molecule has 25 heavy (non-hydrogen) atoms. The van der Waals surface area contributed by atoms with E-state index in [4.69, 9.17) is 4.52 Å². The number of carbonyl (C=O) groups excluding carboxylic acids is 2. The number of imide groups is 1. The molecular formula is C18H18N4O3. The molecule has 0 N–H and O–H groups in total. The molecule has 2 aromatic heterocycles. The Hall–Kier alpha value is -2.83. The maximum Gasteiger partial charge on any atom is 0.233 e. The van der Waals surface area contributed by atoms with Gasteiger partial charge in [-0.1, -0.05) is 17.3 Å². The molecule has 7 nitrogen and oxygen atoms in total. The standard InChI is InChI=1S/C18H18N4O3/c23-17-13-4-1-2-5-14(13)18(24)22(17)11-3-6-15-20-16(21-25-15)12-7-9-19-10-8-12/h1-2,7-10,13-14H,3-6,11H2/t13-,14-/m0/s1. The summed E-state index contributed by atoms with van der Waals surface area (Å²) in [5.41, 5.74) is 0.839. The second-order valence-corrected chi connectivity index (χ2v) is 6.34. The molecule has 2 aliphatic rings. The minimum Gasteiger partial charge on any atom is -0.339 e. The molecule has 4 rings (SSSR count). The molecule has 2 atom stereocenters. The van der Waals surface area contributed by atoms with Gasteiger partial charge in [-0.05, 0) is 31.4 Å². The highest BCUT2D eigenvalue weighted by atomic mass is 16.5. The summed E-state index contributed by atoms with van der Waals surface area (Å²) in [4.78, 5) is 34.5. The van der Waals surface area contributed by atoms with E-state index < -0.39 is 0 Å². The zero-order valence-electron chi connectivity index (χ0n) is 13.7. The Morgan fingerprint density at radius 3 is 2.44 bits per heavy atom. The number of hydrogen-bond acceptors (Lipinski definition) is 6. The number of pyridine rings is 1. The second kappa shape index (κ2) is 6.58. The first-order chi connectivity index (χ1) is 12.2. The van der Waals surface area contributed by atoms with Crippen LogP contribution in [0.2, 0.25) is 0 Å². The van der Waals surface area contributed by atoms with E-state index in [1.807, 2.05) is 24.3 Å². The summed E-state index contributed by atoms with van der Waals surface area (Å²) >= 11 is 0. The molecule has 1 saturated heterocycles. The maximum absolute atomic E-state index is 12.4. The molecule has 0 spiro atoms. The minimum absolute atomic E-state index is 0.0395. The van der Waals surface area contributed by atoms with Gasteiger partial charge in [-0.15, -0.1) is 0 Å². The van der Waals surface area contributed by atoms with Crippen LogP contribution < -0.4 is 0 Å². The van der Waals surface area contributed by atoms with Crippen molar-refractivity contribution < 1.29 is 14.1 Å². The average molecular weight is 338 g/mol. The van der Waals surface area contributed by atoms with Crippen molar-refractivity contribution in [2.24, 2.45) is 11.8 Å². The van der Waals surface area contributed by atoms with Crippen molar-refractivity contribution in [2.75, 3.05) is 6.54 Å². The number of likely N-dealkylation sites (tertiary alicyclic amines) is 1. The van der Waals surface area contributed by atoms with Crippen LogP contribution in [-0.4, -0.2) is 38.4 Å². The highest BCUT2D eigenvalue weighted by Gasteiger charge is 2.46. The van der Waals surface area contributed by atoms with Crippen LogP contribution in [-0.2, 0) is 16.0 Å². The SMILES string of the molecule is O=C1[C@H]2CC=CC[C@@H]2C(=O)N1CCCc1nc(-c2ccncc2)no1. The summed E-state index contributed by atoms with van der Waals surface area (Å²) in [7, 11) is 0. The number of hydrogen-bond donors (Lipinski definition) is 0. The first kappa shape index (κ1) is 15.7. The van der Waals surface area contributed by atoms with Crippen LogP contribution in [0.1, 0.15) is 25.2 Å². The normalized spacial score (nSPS) is 22.5. The Morgan fingerprint density at radius 2 is 1.76 bits per heavy atom. The Bertz CT molecular complexity index is 789. The smallest absolute Gasteiger partial charge is 0.233 e. The predicted molar refractivity (Wildman–Crippen MR) is 87.9 cm³/mol. The van der Waals surface area contributed by atoms with E-state index in [1.54, 1.807) is 12.4 Å². The highest BCUT2D eigenvalue weighted by molar-refractivity contribution is 6.05. The van der Waals surface area contributed by atoms with Crippen LogP contribution in [0.25, 0.3) is 11.4 Å². The molecule has 0 saturated carbocycles. The zero-order chi connectivity index (χ0) is 17.2. The third kappa shape index (κ3) is 2.97. The van der Waals surface area contributed by atoms with Crippen LogP contribution in [0.5, 0.6) is 0 Å². The zero-order valence-corrected chi connectivity index (χ0v) is 13.7. The van der Waals surface area contributed by atoms with Crippen molar-refractivity contribution in [3.63, 3.8) is 0 Å². The second-order valence-electron chi connectivity index (χ2n) is 6.34. The van der Waals surface area contributed by atoms with Gasteiger partial charge < -0.3 is 4.52 Å². The van der Waals surface area contributed by atoms with Gasteiger partial charge in [-0.3, -0.25) is 19.5 Å². The predicted octanol–water partition coefficient (Wildman–Crippen LogP) is 2.02. The Labute approximate surface area is 144 Å². The lowest BCUT2D eigenvalue weighted by Gasteiger charge is -2.14. The number of aromatic nitrogens is 3. The van der Waals surface area contributed by atoms with E-state index in [-0.39, 0.29) is 23.7 Å². The van der Waals surface area contributed by atoms with Crippen molar-refractivity contribution in [1.82, 2.24) is 20.0 Å². The fourth-order valence-electron chi connectivity index (χ4n) is 3.45. The number of allylic oxidation sites excluding steroid dienone is 2. The summed E-state index contributed by atoms with van der Waals surface area (Å²) in [5, 5.41) is 3.96. The Morgan fingerprint density at radius 1 is 1.08 bits per heavy atom. The molecule has 0 aromatic carbocycles. The molecule has 2 amide bonds. The average Bonchev–Trinajstić information content (AvgIpc) is 3.22. The van der Waals surface area contributed by atoms with Gasteiger partial charge in [0.05, 0.1) is 11.8 Å². The Kier molecular flexibility index (Phi) is 4.13. The molecule has 0 unspecified atom stereocenters. The first-order valence-electron chi connectivity index (χ1n) is 8.47. The third-order valence-corrected chi connectivity index (χ3v) is 4.78. The van der Waals surface area contributed by atoms with Gasteiger partial charge in [0, 0.05) is 30.9 Å². The number of rotatable bonds is 5. The summed E-state index contributed by atoms with van der Waals surface area (Å²) in [6.07, 6.45) is 9.82. The number of amides is 2. The number of fused-ring (bicyclic) bond motifs is 1. The quantitative estimate of drug-likeness (QED) is 0.612. The third-order valence-electron chi connectivity index (χ3n) is 4.78. The molecule has 0 radical (unpaired) electrons. The highest BCUT2D eigenvalue weighted by Crippen LogP contribution is 2.35. The van der Waals surface area contributed by atoms with Crippen LogP contribution in [0, 0.1) is 11.8 Å². The number of carbonyl (C=O) groups is 2. The van der Waals surface area contributed by atoms with Crippen molar-refractivity contribution >= 4 is 11.8 Å². The first-order valence-corrected chi connectivity index (χ1v) is 8.47. The molecule has 1 aliphatic heterocycles. The van der Waals surface area contributed by atoms with E-state index in [9.17, 15) is 9.59 Å². The maximum atomic E-state index is 12.4. The lowest BCUT2D eigenvalue weighted by Crippen LogP contribution is -2.32. The lowest BCUT2D eigenvalue weighted by molar-refractivity contribution is -0.139. The number of nitrogens with zero attached hydrogens (tertiary/aromatic N) is 4. The van der Waals surface area contributed by atoms with Gasteiger partial charge >= 0.3 is 0 Å². The molecule has 128 valence electrons. The van der Waals surface area contributed by atoms with Gasteiger partial charge in [0.15, 0.2) is 0 Å². The molecule has 3 heterocycles. The van der Waals surface area contributed by atoms with Gasteiger partial charge in [0.25, 0.3) is 0 Å². The fourth-order valence-corrected chi connectivity index (χ4v) is 3.45. The monoisotopic (exact) mass is 338 g/mol. The largest absolute Gasteiger partial charge is 0.339 e. The summed E-state index contributed by atoms with van der Waals surface area (Å²) in [6.45, 7) is 0.400. The lowest BCUT2D eigenvalue weighted by atomic mass is 9.85. The van der Waals surface area contributed by atoms with Crippen LogP contribution in [0.4, 0.5) is 0 Å². The van der Waals surface area contributed by atoms with E-state index in [0.717, 1.165) is 5.56 Å². The van der Waals surface area contributed by atoms with E-state index in [0.29, 0.717) is 43.9 Å². The van der Waals surface area contributed by atoms with E-state index in [1.165, 1.54) is 4.90 Å². The Balaban J connectivity index is 1.35. The molecule has 2 aromatic rings. The van der Waals surface area contributed by atoms with E-state index in [2.05, 4.69) is 15.1 Å². The molecule has 1 fully saturated rings. The molecular weight excluding hydrogens is 320 g/mol. The van der Waals surface area contributed by atoms with Crippen LogP contribution >= 0.6 is 0 Å². The van der Waals surface area contributed by atoms with Crippen molar-refractivity contribution in [2.45, 2.75) is 25.7 Å². The van der Waals surface area contributed by atoms with Gasteiger partial charge in [-0.25, -0.2) is 0 Å². The van der Waals surface area contributed by atoms with Gasteiger partial charge in [-0.2, -0.15) is 4.98 Å². The van der Waals surface area contributed by atoms with Gasteiger partial charge in [0.1, 0.15) is 0 Å². The fraction of sp³-hybridized carbons (Fsp3) is 0.389. The van der Waals surface area contributed by atoms with Crippen LogP contribution in [0.3, 0.4) is 0 Å². The summed E-state index contributed by atoms with van der Waals surface area (Å²) in [5.74, 6) is 0.607. The number of aryl methyl sites for hydroxylation is 1. The molecule has 7 heteroatoms. The van der Waals surface area contributed by atoms with Crippen LogP contribution in [0.15, 0.2) is 41.2 Å². The molecule has 1 aliphatic carbocycles. The minimum atomic E-state index is -0.167. The van der Waals surface area contributed by atoms with Crippen molar-refractivity contribution in [3.8, 4) is 11.4 Å². The molecule has 0 bridgehead atoms. The topological polar surface area (TPSA) is 89.2 Å². The van der Waals surface area contributed by atoms with Crippen molar-refractivity contribution in [1.29, 1.82) is 0 Å². The van der Waals surface area contributed by atoms with Crippen molar-refractivity contribution in [3.05, 3.63) is 42.6 Å². The van der Waals surface area contributed by atoms with E-state index >= 15 is 0 Å². The summed E-state index contributed by atoms with van der Waals surface area (Å²) in [6, 6.07) is 3.62.